The molecule has 0 unspecified atom stereocenters. The predicted molar refractivity (Wildman–Crippen MR) is 237 cm³/mol. The van der Waals surface area contributed by atoms with E-state index in [0.717, 1.165) is 60.9 Å². The molecule has 0 amide bonds. The van der Waals surface area contributed by atoms with Gasteiger partial charge in [0.25, 0.3) is 0 Å². The van der Waals surface area contributed by atoms with Crippen LogP contribution in [0.15, 0.2) is 217 Å². The standard InChI is InChI=1S/C54H35NO/c1-3-12-36(13-4-1)43-33-44(37-14-5-2-6-15-37)35-46(34-43)55(51-20-11-21-52-53(51)50-31-26-40-17-8-10-19-49(40)54(50)56-52)45-28-24-38(25-29-45)41-27-30-48-42(32-41)23-22-39-16-7-9-18-47(39)48/h1-35H. The van der Waals surface area contributed by atoms with Crippen LogP contribution < -0.4 is 4.90 Å². The molecule has 0 aliphatic rings. The molecule has 262 valence electrons. The first-order chi connectivity index (χ1) is 27.7. The fourth-order valence-corrected chi connectivity index (χ4v) is 8.48. The summed E-state index contributed by atoms with van der Waals surface area (Å²) in [4.78, 5) is 2.40. The third kappa shape index (κ3) is 5.42. The Labute approximate surface area is 325 Å². The Hall–Kier alpha value is -7.42. The Morgan fingerprint density at radius 3 is 1.59 bits per heavy atom. The van der Waals surface area contributed by atoms with E-state index in [2.05, 4.69) is 217 Å². The lowest BCUT2D eigenvalue weighted by molar-refractivity contribution is 0.672. The average Bonchev–Trinajstić information content (AvgIpc) is 3.67. The van der Waals surface area contributed by atoms with Crippen LogP contribution >= 0.6 is 0 Å². The number of hydrogen-bond donors (Lipinski definition) is 0. The molecule has 0 fully saturated rings. The molecular weight excluding hydrogens is 679 g/mol. The van der Waals surface area contributed by atoms with Crippen molar-refractivity contribution in [1.29, 1.82) is 0 Å². The summed E-state index contributed by atoms with van der Waals surface area (Å²) >= 11 is 0. The molecule has 0 spiro atoms. The lowest BCUT2D eigenvalue weighted by Crippen LogP contribution is -2.10. The molecule has 56 heavy (non-hydrogen) atoms. The first kappa shape index (κ1) is 32.0. The Morgan fingerprint density at radius 1 is 0.304 bits per heavy atom. The molecule has 11 aromatic rings. The minimum Gasteiger partial charge on any atom is -0.455 e. The van der Waals surface area contributed by atoms with E-state index in [1.165, 1.54) is 43.8 Å². The molecule has 0 N–H and O–H groups in total. The summed E-state index contributed by atoms with van der Waals surface area (Å²) in [7, 11) is 0. The van der Waals surface area contributed by atoms with Crippen molar-refractivity contribution in [2.24, 2.45) is 0 Å². The maximum absolute atomic E-state index is 6.73. The summed E-state index contributed by atoms with van der Waals surface area (Å²) in [5.74, 6) is 0. The van der Waals surface area contributed by atoms with Crippen molar-refractivity contribution < 1.29 is 4.42 Å². The van der Waals surface area contributed by atoms with Crippen molar-refractivity contribution in [1.82, 2.24) is 0 Å². The molecule has 0 radical (unpaired) electrons. The summed E-state index contributed by atoms with van der Waals surface area (Å²) < 4.78 is 6.73. The van der Waals surface area contributed by atoms with Gasteiger partial charge in [-0.25, -0.2) is 0 Å². The fourth-order valence-electron chi connectivity index (χ4n) is 8.48. The van der Waals surface area contributed by atoms with Gasteiger partial charge in [-0.05, 0) is 115 Å². The van der Waals surface area contributed by atoms with Crippen LogP contribution in [0.4, 0.5) is 17.1 Å². The lowest BCUT2D eigenvalue weighted by Gasteiger charge is -2.28. The minimum atomic E-state index is 0.863. The van der Waals surface area contributed by atoms with Gasteiger partial charge in [0.05, 0.1) is 11.1 Å². The van der Waals surface area contributed by atoms with Crippen LogP contribution in [0.1, 0.15) is 0 Å². The first-order valence-electron chi connectivity index (χ1n) is 19.2. The average molecular weight is 714 g/mol. The summed E-state index contributed by atoms with van der Waals surface area (Å²) in [5.41, 5.74) is 12.0. The van der Waals surface area contributed by atoms with Crippen LogP contribution in [0, 0.1) is 0 Å². The van der Waals surface area contributed by atoms with Gasteiger partial charge in [-0.1, -0.05) is 158 Å². The molecule has 0 saturated heterocycles. The Kier molecular flexibility index (Phi) is 7.53. The maximum atomic E-state index is 6.73. The molecule has 1 aromatic heterocycles. The third-order valence-electron chi connectivity index (χ3n) is 11.2. The zero-order chi connectivity index (χ0) is 37.0. The third-order valence-corrected chi connectivity index (χ3v) is 11.2. The summed E-state index contributed by atoms with van der Waals surface area (Å²) in [6.07, 6.45) is 0. The van der Waals surface area contributed by atoms with E-state index >= 15 is 0 Å². The Balaban J connectivity index is 1.13. The van der Waals surface area contributed by atoms with E-state index in [9.17, 15) is 0 Å². The van der Waals surface area contributed by atoms with Crippen molar-refractivity contribution in [3.8, 4) is 33.4 Å². The second-order valence-corrected chi connectivity index (χ2v) is 14.5. The molecule has 0 saturated carbocycles. The number of anilines is 3. The molecule has 10 aromatic carbocycles. The molecule has 11 rings (SSSR count). The summed E-state index contributed by atoms with van der Waals surface area (Å²) in [6.45, 7) is 0. The van der Waals surface area contributed by atoms with Crippen LogP contribution in [0.2, 0.25) is 0 Å². The van der Waals surface area contributed by atoms with E-state index in [1.54, 1.807) is 0 Å². The number of fused-ring (bicyclic) bond motifs is 8. The second kappa shape index (κ2) is 13.2. The van der Waals surface area contributed by atoms with Crippen molar-refractivity contribution in [2.45, 2.75) is 0 Å². The quantitative estimate of drug-likeness (QED) is 0.160. The lowest BCUT2D eigenvalue weighted by atomic mass is 9.96. The molecule has 2 heteroatoms. The molecular formula is C54H35NO. The first-order valence-corrected chi connectivity index (χ1v) is 19.2. The van der Waals surface area contributed by atoms with Crippen molar-refractivity contribution in [3.05, 3.63) is 212 Å². The number of rotatable bonds is 6. The maximum Gasteiger partial charge on any atom is 0.143 e. The minimum absolute atomic E-state index is 0.863. The van der Waals surface area contributed by atoms with Crippen LogP contribution in [0.25, 0.3) is 87.6 Å². The summed E-state index contributed by atoms with van der Waals surface area (Å²) in [6, 6.07) is 76.5. The van der Waals surface area contributed by atoms with Gasteiger partial charge in [-0.2, -0.15) is 0 Å². The summed E-state index contributed by atoms with van der Waals surface area (Å²) in [5, 5.41) is 9.52. The van der Waals surface area contributed by atoms with Crippen molar-refractivity contribution in [3.63, 3.8) is 0 Å². The number of nitrogens with zero attached hydrogens (tertiary/aromatic N) is 1. The fraction of sp³-hybridized carbons (Fsp3) is 0. The highest BCUT2D eigenvalue weighted by atomic mass is 16.3. The molecule has 0 atom stereocenters. The predicted octanol–water partition coefficient (Wildman–Crippen LogP) is 15.5. The Morgan fingerprint density at radius 2 is 0.857 bits per heavy atom. The highest BCUT2D eigenvalue weighted by Crippen LogP contribution is 2.46. The molecule has 0 bridgehead atoms. The van der Waals surface area contributed by atoms with Gasteiger partial charge in [0.1, 0.15) is 11.2 Å². The molecule has 2 nitrogen and oxygen atoms in total. The molecule has 1 heterocycles. The van der Waals surface area contributed by atoms with Gasteiger partial charge in [-0.15, -0.1) is 0 Å². The van der Waals surface area contributed by atoms with Gasteiger partial charge in [0, 0.05) is 22.1 Å². The SMILES string of the molecule is c1ccc(-c2cc(-c3ccccc3)cc(N(c3ccc(-c4ccc5c(ccc6ccccc65)c4)cc3)c3cccc4oc5c6ccccc6ccc5c34)c2)cc1. The van der Waals surface area contributed by atoms with Gasteiger partial charge in [0.15, 0.2) is 0 Å². The van der Waals surface area contributed by atoms with E-state index < -0.39 is 0 Å². The molecule has 0 aliphatic carbocycles. The number of hydrogen-bond acceptors (Lipinski definition) is 2. The van der Waals surface area contributed by atoms with Crippen molar-refractivity contribution in [2.75, 3.05) is 4.90 Å². The normalized spacial score (nSPS) is 11.6. The van der Waals surface area contributed by atoms with E-state index in [4.69, 9.17) is 4.42 Å². The smallest absolute Gasteiger partial charge is 0.143 e. The van der Waals surface area contributed by atoms with Crippen LogP contribution in [0.3, 0.4) is 0 Å². The monoisotopic (exact) mass is 713 g/mol. The highest BCUT2D eigenvalue weighted by Gasteiger charge is 2.22. The topological polar surface area (TPSA) is 16.4 Å². The zero-order valence-electron chi connectivity index (χ0n) is 30.6. The van der Waals surface area contributed by atoms with E-state index in [-0.39, 0.29) is 0 Å². The highest BCUT2D eigenvalue weighted by molar-refractivity contribution is 6.19. The Bertz CT molecular complexity index is 3180. The van der Waals surface area contributed by atoms with Gasteiger partial charge >= 0.3 is 0 Å². The van der Waals surface area contributed by atoms with E-state index in [0.29, 0.717) is 0 Å². The molecule has 0 aliphatic heterocycles. The second-order valence-electron chi connectivity index (χ2n) is 14.5. The van der Waals surface area contributed by atoms with Crippen molar-refractivity contribution >= 4 is 71.3 Å². The van der Waals surface area contributed by atoms with Gasteiger partial charge in [0.2, 0.25) is 0 Å². The van der Waals surface area contributed by atoms with E-state index in [1.807, 2.05) is 0 Å². The zero-order valence-corrected chi connectivity index (χ0v) is 30.6. The largest absolute Gasteiger partial charge is 0.455 e. The van der Waals surface area contributed by atoms with Gasteiger partial charge < -0.3 is 9.32 Å². The number of furan rings is 1. The van der Waals surface area contributed by atoms with Crippen LogP contribution in [0.5, 0.6) is 0 Å². The van der Waals surface area contributed by atoms with Gasteiger partial charge in [-0.3, -0.25) is 0 Å². The van der Waals surface area contributed by atoms with Crippen LogP contribution in [-0.2, 0) is 0 Å². The van der Waals surface area contributed by atoms with Crippen LogP contribution in [-0.4, -0.2) is 0 Å². The number of benzene rings is 10.